The van der Waals surface area contributed by atoms with Crippen LogP contribution < -0.4 is 10.6 Å². The van der Waals surface area contributed by atoms with E-state index in [-0.39, 0.29) is 5.56 Å². The highest BCUT2D eigenvalue weighted by molar-refractivity contribution is 5.94. The van der Waals surface area contributed by atoms with E-state index < -0.39 is 24.3 Å². The van der Waals surface area contributed by atoms with Crippen molar-refractivity contribution in [1.29, 1.82) is 0 Å². The molecule has 1 amide bonds. The molecule has 0 bridgehead atoms. The zero-order chi connectivity index (χ0) is 21.6. The topological polar surface area (TPSA) is 78.4 Å². The minimum atomic E-state index is -3.99. The Bertz CT molecular complexity index is 861. The summed E-state index contributed by atoms with van der Waals surface area (Å²) in [6, 6.07) is 15.0. The van der Waals surface area contributed by atoms with Crippen LogP contribution in [0, 0.1) is 0 Å². The summed E-state index contributed by atoms with van der Waals surface area (Å²) in [6.07, 6.45) is 6.48. The molecule has 0 atom stereocenters. The number of alkyl halides is 2. The fraction of sp³-hybridized carbons (Fsp3) is 0.391. The van der Waals surface area contributed by atoms with E-state index in [1.807, 2.05) is 5.32 Å². The predicted molar refractivity (Wildman–Crippen MR) is 111 cm³/mol. The Morgan fingerprint density at radius 1 is 0.967 bits per heavy atom. The van der Waals surface area contributed by atoms with Crippen LogP contribution in [0.25, 0.3) is 0 Å². The molecule has 1 fully saturated rings. The average Bonchev–Trinajstić information content (AvgIpc) is 2.77. The number of carboxylic acids is 1. The summed E-state index contributed by atoms with van der Waals surface area (Å²) in [4.78, 5) is 22.3. The van der Waals surface area contributed by atoms with Crippen molar-refractivity contribution in [2.75, 3.05) is 11.9 Å². The SMILES string of the molecule is O=C(NCC(F)(F)C(=O)O)c1ccc(CNc2ccc(C3CCCCC3)cc2)cc1. The van der Waals surface area contributed by atoms with E-state index in [0.717, 1.165) is 11.3 Å². The Morgan fingerprint density at radius 3 is 2.20 bits per heavy atom. The van der Waals surface area contributed by atoms with Crippen LogP contribution in [0.3, 0.4) is 0 Å². The van der Waals surface area contributed by atoms with E-state index in [0.29, 0.717) is 12.5 Å². The first-order valence-corrected chi connectivity index (χ1v) is 10.2. The lowest BCUT2D eigenvalue weighted by atomic mass is 9.84. The van der Waals surface area contributed by atoms with Crippen molar-refractivity contribution in [1.82, 2.24) is 5.32 Å². The zero-order valence-corrected chi connectivity index (χ0v) is 16.7. The molecule has 0 heterocycles. The van der Waals surface area contributed by atoms with Gasteiger partial charge in [0.05, 0.1) is 6.54 Å². The maximum absolute atomic E-state index is 13.1. The third-order valence-electron chi connectivity index (χ3n) is 5.48. The standard InChI is InChI=1S/C23H26F2N2O3/c24-23(25,22(29)30)15-27-21(28)19-8-6-16(7-9-19)14-26-20-12-10-18(11-13-20)17-4-2-1-3-5-17/h6-13,17,26H,1-5,14-15H2,(H,27,28)(H,29,30). The number of hydrogen-bond acceptors (Lipinski definition) is 3. The van der Waals surface area contributed by atoms with Crippen LogP contribution in [0.1, 0.15) is 59.5 Å². The number of carbonyl (C=O) groups excluding carboxylic acids is 1. The van der Waals surface area contributed by atoms with Gasteiger partial charge in [-0.2, -0.15) is 8.78 Å². The van der Waals surface area contributed by atoms with Gasteiger partial charge in [0.2, 0.25) is 0 Å². The number of nitrogens with one attached hydrogen (secondary N) is 2. The third kappa shape index (κ3) is 5.78. The maximum Gasteiger partial charge on any atom is 0.376 e. The van der Waals surface area contributed by atoms with Crippen molar-refractivity contribution in [2.45, 2.75) is 50.5 Å². The quantitative estimate of drug-likeness (QED) is 0.578. The number of carboxylic acid groups (broad SMARTS) is 1. The van der Waals surface area contributed by atoms with E-state index >= 15 is 0 Å². The Labute approximate surface area is 174 Å². The monoisotopic (exact) mass is 416 g/mol. The van der Waals surface area contributed by atoms with Crippen LogP contribution in [-0.4, -0.2) is 29.5 Å². The molecule has 30 heavy (non-hydrogen) atoms. The number of rotatable bonds is 8. The van der Waals surface area contributed by atoms with Gasteiger partial charge in [0.15, 0.2) is 0 Å². The largest absolute Gasteiger partial charge is 0.477 e. The van der Waals surface area contributed by atoms with Crippen LogP contribution in [0.2, 0.25) is 0 Å². The molecule has 1 aliphatic carbocycles. The van der Waals surface area contributed by atoms with Crippen molar-refractivity contribution in [3.63, 3.8) is 0 Å². The maximum atomic E-state index is 13.1. The summed E-state index contributed by atoms with van der Waals surface area (Å²) < 4.78 is 26.1. The number of halogens is 2. The molecular weight excluding hydrogens is 390 g/mol. The molecule has 0 saturated heterocycles. The van der Waals surface area contributed by atoms with E-state index in [9.17, 15) is 18.4 Å². The molecule has 2 aromatic carbocycles. The van der Waals surface area contributed by atoms with Crippen molar-refractivity contribution in [3.8, 4) is 0 Å². The summed E-state index contributed by atoms with van der Waals surface area (Å²) in [6.45, 7) is -0.691. The smallest absolute Gasteiger partial charge is 0.376 e. The first-order valence-electron chi connectivity index (χ1n) is 10.2. The molecule has 0 aliphatic heterocycles. The molecular formula is C23H26F2N2O3. The molecule has 1 saturated carbocycles. The Hall–Kier alpha value is -2.96. The van der Waals surface area contributed by atoms with Gasteiger partial charge in [-0.05, 0) is 54.2 Å². The Balaban J connectivity index is 1.49. The highest BCUT2D eigenvalue weighted by Crippen LogP contribution is 2.33. The summed E-state index contributed by atoms with van der Waals surface area (Å²) in [5, 5.41) is 13.7. The van der Waals surface area contributed by atoms with E-state index in [1.165, 1.54) is 49.8 Å². The second-order valence-electron chi connectivity index (χ2n) is 7.70. The normalized spacial score (nSPS) is 14.9. The van der Waals surface area contributed by atoms with Gasteiger partial charge in [-0.25, -0.2) is 4.79 Å². The highest BCUT2D eigenvalue weighted by Gasteiger charge is 2.39. The molecule has 0 aromatic heterocycles. The second kappa shape index (κ2) is 9.69. The number of amides is 1. The Kier molecular flexibility index (Phi) is 7.03. The molecule has 0 unspecified atom stereocenters. The first-order chi connectivity index (χ1) is 14.3. The lowest BCUT2D eigenvalue weighted by molar-refractivity contribution is -0.163. The van der Waals surface area contributed by atoms with Crippen molar-refractivity contribution in [2.24, 2.45) is 0 Å². The van der Waals surface area contributed by atoms with E-state index in [2.05, 4.69) is 29.6 Å². The molecule has 5 nitrogen and oxygen atoms in total. The molecule has 3 N–H and O–H groups in total. The molecule has 1 aliphatic rings. The highest BCUT2D eigenvalue weighted by atomic mass is 19.3. The van der Waals surface area contributed by atoms with Gasteiger partial charge >= 0.3 is 11.9 Å². The summed E-state index contributed by atoms with van der Waals surface area (Å²) in [5.74, 6) is -6.34. The van der Waals surface area contributed by atoms with Gasteiger partial charge in [-0.15, -0.1) is 0 Å². The second-order valence-corrected chi connectivity index (χ2v) is 7.70. The minimum absolute atomic E-state index is 0.191. The van der Waals surface area contributed by atoms with Crippen LogP contribution in [-0.2, 0) is 11.3 Å². The molecule has 160 valence electrons. The Morgan fingerprint density at radius 2 is 1.60 bits per heavy atom. The van der Waals surface area contributed by atoms with Gasteiger partial charge in [-0.1, -0.05) is 43.5 Å². The summed E-state index contributed by atoms with van der Waals surface area (Å²) in [5.41, 5.74) is 3.52. The number of hydrogen-bond donors (Lipinski definition) is 3. The fourth-order valence-electron chi connectivity index (χ4n) is 3.66. The summed E-state index contributed by atoms with van der Waals surface area (Å²) >= 11 is 0. The third-order valence-corrected chi connectivity index (χ3v) is 5.48. The summed E-state index contributed by atoms with van der Waals surface area (Å²) in [7, 11) is 0. The van der Waals surface area contributed by atoms with Gasteiger partial charge in [-0.3, -0.25) is 4.79 Å². The number of benzene rings is 2. The molecule has 0 spiro atoms. The number of anilines is 1. The number of aliphatic carboxylic acids is 1. The van der Waals surface area contributed by atoms with Crippen molar-refractivity contribution < 1.29 is 23.5 Å². The lowest BCUT2D eigenvalue weighted by Crippen LogP contribution is -2.42. The zero-order valence-electron chi connectivity index (χ0n) is 16.7. The fourth-order valence-corrected chi connectivity index (χ4v) is 3.66. The van der Waals surface area contributed by atoms with Gasteiger partial charge in [0.1, 0.15) is 0 Å². The number of carbonyl (C=O) groups is 2. The molecule has 2 aromatic rings. The molecule has 3 rings (SSSR count). The first kappa shape index (κ1) is 21.7. The lowest BCUT2D eigenvalue weighted by Gasteiger charge is -2.22. The average molecular weight is 416 g/mol. The van der Waals surface area contributed by atoms with E-state index in [1.54, 1.807) is 12.1 Å². The van der Waals surface area contributed by atoms with Crippen LogP contribution in [0.5, 0.6) is 0 Å². The van der Waals surface area contributed by atoms with Crippen molar-refractivity contribution in [3.05, 3.63) is 65.2 Å². The molecule has 0 radical (unpaired) electrons. The predicted octanol–water partition coefficient (Wildman–Crippen LogP) is 4.80. The van der Waals surface area contributed by atoms with Crippen LogP contribution in [0.4, 0.5) is 14.5 Å². The van der Waals surface area contributed by atoms with Crippen molar-refractivity contribution >= 4 is 17.6 Å². The minimum Gasteiger partial charge on any atom is -0.477 e. The van der Waals surface area contributed by atoms with Gasteiger partial charge in [0.25, 0.3) is 5.91 Å². The van der Waals surface area contributed by atoms with E-state index in [4.69, 9.17) is 5.11 Å². The van der Waals surface area contributed by atoms with Gasteiger partial charge in [0, 0.05) is 17.8 Å². The van der Waals surface area contributed by atoms with Crippen LogP contribution in [0.15, 0.2) is 48.5 Å². The van der Waals surface area contributed by atoms with Crippen LogP contribution >= 0.6 is 0 Å². The molecule has 7 heteroatoms. The van der Waals surface area contributed by atoms with Gasteiger partial charge < -0.3 is 15.7 Å².